The number of nitrogens with one attached hydrogen (secondary N) is 1. The number of benzene rings is 1. The molecule has 26 heavy (non-hydrogen) atoms. The molecule has 0 bridgehead atoms. The Labute approximate surface area is 157 Å². The van der Waals surface area contributed by atoms with E-state index in [2.05, 4.69) is 10.4 Å². The van der Waals surface area contributed by atoms with Crippen molar-refractivity contribution in [2.75, 3.05) is 13.1 Å². The molecule has 1 unspecified atom stereocenters. The molecule has 1 N–H and O–H groups in total. The van der Waals surface area contributed by atoms with Crippen molar-refractivity contribution in [2.45, 2.75) is 31.7 Å². The van der Waals surface area contributed by atoms with E-state index in [1.165, 1.54) is 0 Å². The number of likely N-dealkylation sites (tertiary alicyclic amines) is 1. The first kappa shape index (κ1) is 17.1. The lowest BCUT2D eigenvalue weighted by molar-refractivity contribution is -0.126. The van der Waals surface area contributed by atoms with E-state index in [4.69, 9.17) is 11.6 Å². The highest BCUT2D eigenvalue weighted by Crippen LogP contribution is 2.23. The molecule has 2 aromatic rings. The van der Waals surface area contributed by atoms with Crippen molar-refractivity contribution < 1.29 is 9.59 Å². The molecule has 1 atom stereocenters. The number of halogens is 1. The molecule has 2 amide bonds. The SMILES string of the molecule is O=C(NC1CC1)C1CCCN(C(=O)c2cnn(-c3cccc(Cl)c3)c2)C1. The van der Waals surface area contributed by atoms with E-state index in [0.717, 1.165) is 31.4 Å². The van der Waals surface area contributed by atoms with Gasteiger partial charge >= 0.3 is 0 Å². The molecular formula is C19H21ClN4O2. The normalized spacial score (nSPS) is 20.0. The molecule has 1 aromatic heterocycles. The van der Waals surface area contributed by atoms with Gasteiger partial charge in [-0.1, -0.05) is 17.7 Å². The van der Waals surface area contributed by atoms with E-state index >= 15 is 0 Å². The van der Waals surface area contributed by atoms with E-state index in [1.54, 1.807) is 34.1 Å². The molecule has 2 fully saturated rings. The maximum atomic E-state index is 12.8. The van der Waals surface area contributed by atoms with Gasteiger partial charge in [0.2, 0.25) is 5.91 Å². The lowest BCUT2D eigenvalue weighted by Gasteiger charge is -2.31. The Kier molecular flexibility index (Phi) is 4.68. The van der Waals surface area contributed by atoms with Crippen molar-refractivity contribution in [3.05, 3.63) is 47.2 Å². The number of aromatic nitrogens is 2. The second kappa shape index (κ2) is 7.11. The first-order valence-corrected chi connectivity index (χ1v) is 9.38. The molecule has 2 heterocycles. The summed E-state index contributed by atoms with van der Waals surface area (Å²) in [6.07, 6.45) is 7.10. The Balaban J connectivity index is 1.44. The minimum absolute atomic E-state index is 0.0813. The summed E-state index contributed by atoms with van der Waals surface area (Å²) in [5.41, 5.74) is 1.32. The predicted molar refractivity (Wildman–Crippen MR) is 98.4 cm³/mol. The van der Waals surface area contributed by atoms with Crippen LogP contribution in [-0.2, 0) is 4.79 Å². The van der Waals surface area contributed by atoms with Crippen LogP contribution in [0, 0.1) is 5.92 Å². The van der Waals surface area contributed by atoms with Crippen molar-refractivity contribution in [2.24, 2.45) is 5.92 Å². The third-order valence-electron chi connectivity index (χ3n) is 4.91. The standard InChI is InChI=1S/C19H21ClN4O2/c20-15-4-1-5-17(9-15)24-12-14(10-21-24)19(26)23-8-2-3-13(11-23)18(25)22-16-6-7-16/h1,4-5,9-10,12-13,16H,2-3,6-8,11H2,(H,22,25). The molecule has 1 aliphatic carbocycles. The molecule has 1 saturated carbocycles. The van der Waals surface area contributed by atoms with Gasteiger partial charge in [-0.05, 0) is 43.9 Å². The summed E-state index contributed by atoms with van der Waals surface area (Å²) in [4.78, 5) is 26.9. The predicted octanol–water partition coefficient (Wildman–Crippen LogP) is 2.66. The molecule has 1 aliphatic heterocycles. The van der Waals surface area contributed by atoms with Gasteiger partial charge in [-0.3, -0.25) is 9.59 Å². The summed E-state index contributed by atoms with van der Waals surface area (Å²) in [6.45, 7) is 1.15. The number of nitrogens with zero attached hydrogens (tertiary/aromatic N) is 3. The van der Waals surface area contributed by atoms with Crippen molar-refractivity contribution >= 4 is 23.4 Å². The van der Waals surface area contributed by atoms with Crippen molar-refractivity contribution in [1.29, 1.82) is 0 Å². The Morgan fingerprint density at radius 3 is 2.85 bits per heavy atom. The van der Waals surface area contributed by atoms with Crippen molar-refractivity contribution in [1.82, 2.24) is 20.0 Å². The molecular weight excluding hydrogens is 352 g/mol. The highest BCUT2D eigenvalue weighted by atomic mass is 35.5. The second-order valence-corrected chi connectivity index (χ2v) is 7.46. The summed E-state index contributed by atoms with van der Waals surface area (Å²) in [6, 6.07) is 7.66. The van der Waals surface area contributed by atoms with Gasteiger partial charge in [-0.2, -0.15) is 5.10 Å². The fourth-order valence-electron chi connectivity index (χ4n) is 3.30. The van der Waals surface area contributed by atoms with Crippen LogP contribution in [-0.4, -0.2) is 45.6 Å². The van der Waals surface area contributed by atoms with Gasteiger partial charge in [0.1, 0.15) is 0 Å². The van der Waals surface area contributed by atoms with Gasteiger partial charge in [0, 0.05) is 30.4 Å². The number of hydrogen-bond acceptors (Lipinski definition) is 3. The van der Waals surface area contributed by atoms with Crippen LogP contribution in [0.3, 0.4) is 0 Å². The van der Waals surface area contributed by atoms with Gasteiger partial charge < -0.3 is 10.2 Å². The van der Waals surface area contributed by atoms with Crippen LogP contribution in [0.25, 0.3) is 5.69 Å². The number of carbonyl (C=O) groups excluding carboxylic acids is 2. The van der Waals surface area contributed by atoms with Gasteiger partial charge in [0.25, 0.3) is 5.91 Å². The van der Waals surface area contributed by atoms with Gasteiger partial charge in [0.05, 0.1) is 23.4 Å². The number of carbonyl (C=O) groups is 2. The van der Waals surface area contributed by atoms with Crippen molar-refractivity contribution in [3.63, 3.8) is 0 Å². The second-order valence-electron chi connectivity index (χ2n) is 7.03. The summed E-state index contributed by atoms with van der Waals surface area (Å²) in [7, 11) is 0. The zero-order valence-corrected chi connectivity index (χ0v) is 15.2. The summed E-state index contributed by atoms with van der Waals surface area (Å²) in [5.74, 6) is -0.113. The molecule has 136 valence electrons. The number of piperidine rings is 1. The summed E-state index contributed by atoms with van der Waals surface area (Å²) in [5, 5.41) is 7.94. The van der Waals surface area contributed by atoms with E-state index < -0.39 is 0 Å². The molecule has 0 spiro atoms. The Hall–Kier alpha value is -2.34. The summed E-state index contributed by atoms with van der Waals surface area (Å²) < 4.78 is 1.64. The molecule has 4 rings (SSSR count). The van der Waals surface area contributed by atoms with Crippen molar-refractivity contribution in [3.8, 4) is 5.69 Å². The fraction of sp³-hybridized carbons (Fsp3) is 0.421. The topological polar surface area (TPSA) is 67.2 Å². The molecule has 6 nitrogen and oxygen atoms in total. The molecule has 0 radical (unpaired) electrons. The quantitative estimate of drug-likeness (QED) is 0.897. The first-order valence-electron chi connectivity index (χ1n) is 9.00. The average molecular weight is 373 g/mol. The molecule has 1 aromatic carbocycles. The summed E-state index contributed by atoms with van der Waals surface area (Å²) >= 11 is 6.02. The maximum Gasteiger partial charge on any atom is 0.257 e. The zero-order chi connectivity index (χ0) is 18.1. The third-order valence-corrected chi connectivity index (χ3v) is 5.14. The highest BCUT2D eigenvalue weighted by Gasteiger charge is 2.32. The lowest BCUT2D eigenvalue weighted by Crippen LogP contribution is -2.45. The van der Waals surface area contributed by atoms with E-state index in [0.29, 0.717) is 29.7 Å². The van der Waals surface area contributed by atoms with Crippen LogP contribution in [0.15, 0.2) is 36.7 Å². The Bertz CT molecular complexity index is 830. The van der Waals surface area contributed by atoms with E-state index in [-0.39, 0.29) is 17.7 Å². The molecule has 7 heteroatoms. The third kappa shape index (κ3) is 3.75. The maximum absolute atomic E-state index is 12.8. The van der Waals surface area contributed by atoms with Crippen LogP contribution in [0.4, 0.5) is 0 Å². The first-order chi connectivity index (χ1) is 12.6. The largest absolute Gasteiger partial charge is 0.353 e. The number of hydrogen-bond donors (Lipinski definition) is 1. The van der Waals surface area contributed by atoms with Crippen LogP contribution >= 0.6 is 11.6 Å². The minimum atomic E-state index is -0.115. The van der Waals surface area contributed by atoms with Gasteiger partial charge in [0.15, 0.2) is 0 Å². The highest BCUT2D eigenvalue weighted by molar-refractivity contribution is 6.30. The molecule has 1 saturated heterocycles. The lowest BCUT2D eigenvalue weighted by atomic mass is 9.96. The van der Waals surface area contributed by atoms with Crippen LogP contribution in [0.1, 0.15) is 36.0 Å². The van der Waals surface area contributed by atoms with E-state index in [1.807, 2.05) is 12.1 Å². The van der Waals surface area contributed by atoms with Crippen LogP contribution in [0.5, 0.6) is 0 Å². The zero-order valence-electron chi connectivity index (χ0n) is 14.4. The average Bonchev–Trinajstić information content (AvgIpc) is 3.33. The van der Waals surface area contributed by atoms with E-state index in [9.17, 15) is 9.59 Å². The monoisotopic (exact) mass is 372 g/mol. The van der Waals surface area contributed by atoms with Crippen LogP contribution < -0.4 is 5.32 Å². The van der Waals surface area contributed by atoms with Crippen LogP contribution in [0.2, 0.25) is 5.02 Å². The fourth-order valence-corrected chi connectivity index (χ4v) is 3.48. The number of amides is 2. The Morgan fingerprint density at radius 2 is 2.08 bits per heavy atom. The van der Waals surface area contributed by atoms with Gasteiger partial charge in [-0.15, -0.1) is 0 Å². The smallest absolute Gasteiger partial charge is 0.257 e. The minimum Gasteiger partial charge on any atom is -0.353 e. The Morgan fingerprint density at radius 1 is 1.23 bits per heavy atom. The molecule has 2 aliphatic rings. The number of rotatable bonds is 4. The van der Waals surface area contributed by atoms with Gasteiger partial charge in [-0.25, -0.2) is 4.68 Å².